The summed E-state index contributed by atoms with van der Waals surface area (Å²) in [5, 5.41) is 9.07. The number of hydrogen-bond acceptors (Lipinski definition) is 3. The molecule has 0 heterocycles. The normalized spacial score (nSPS) is 11.6. The molecule has 0 amide bonds. The maximum atomic E-state index is 11.1. The Hall–Kier alpha value is -3.27. The van der Waals surface area contributed by atoms with Crippen molar-refractivity contribution in [1.82, 2.24) is 0 Å². The molecule has 0 saturated heterocycles. The number of carboxylic acids is 1. The fourth-order valence-electron chi connectivity index (χ4n) is 2.68. The summed E-state index contributed by atoms with van der Waals surface area (Å²) in [7, 11) is 0. The Morgan fingerprint density at radius 3 is 1.93 bits per heavy atom. The minimum Gasteiger partial charge on any atom is -0.489 e. The molecular formula is C23H22O4. The maximum Gasteiger partial charge on any atom is 0.344 e. The van der Waals surface area contributed by atoms with E-state index in [1.807, 2.05) is 66.7 Å². The monoisotopic (exact) mass is 362 g/mol. The first-order valence-corrected chi connectivity index (χ1v) is 8.92. The summed E-state index contributed by atoms with van der Waals surface area (Å²) in [6.07, 6.45) is -0.404. The molecule has 138 valence electrons. The molecule has 0 bridgehead atoms. The van der Waals surface area contributed by atoms with Crippen LogP contribution >= 0.6 is 0 Å². The number of carbonyl (C=O) groups is 1. The van der Waals surface area contributed by atoms with E-state index in [2.05, 4.69) is 0 Å². The van der Waals surface area contributed by atoms with Gasteiger partial charge in [-0.25, -0.2) is 4.79 Å². The van der Waals surface area contributed by atoms with Gasteiger partial charge >= 0.3 is 5.97 Å². The van der Waals surface area contributed by atoms with E-state index in [9.17, 15) is 4.79 Å². The molecule has 0 aliphatic carbocycles. The molecule has 0 spiro atoms. The van der Waals surface area contributed by atoms with Gasteiger partial charge in [0.15, 0.2) is 6.10 Å². The Labute approximate surface area is 159 Å². The van der Waals surface area contributed by atoms with Crippen LogP contribution in [0.4, 0.5) is 0 Å². The lowest BCUT2D eigenvalue weighted by molar-refractivity contribution is -0.145. The van der Waals surface area contributed by atoms with Crippen molar-refractivity contribution in [2.45, 2.75) is 26.1 Å². The first-order valence-electron chi connectivity index (χ1n) is 8.92. The Morgan fingerprint density at radius 2 is 1.41 bits per heavy atom. The summed E-state index contributed by atoms with van der Waals surface area (Å²) < 4.78 is 11.3. The van der Waals surface area contributed by atoms with E-state index in [-0.39, 0.29) is 0 Å². The molecule has 1 N–H and O–H groups in total. The number of hydrogen-bond donors (Lipinski definition) is 1. The lowest BCUT2D eigenvalue weighted by Gasteiger charge is -2.13. The molecule has 4 nitrogen and oxygen atoms in total. The summed E-state index contributed by atoms with van der Waals surface area (Å²) in [5.74, 6) is 0.415. The molecule has 3 rings (SSSR count). The highest BCUT2D eigenvalue weighted by molar-refractivity contribution is 5.72. The van der Waals surface area contributed by atoms with Crippen molar-refractivity contribution in [1.29, 1.82) is 0 Å². The third-order valence-corrected chi connectivity index (χ3v) is 4.21. The SMILES string of the molecule is CCC(Oc1ccc(-c2ccc(OCc3ccccc3)cc2)cc1)C(=O)O. The van der Waals surface area contributed by atoms with Gasteiger partial charge in [-0.15, -0.1) is 0 Å². The second-order valence-electron chi connectivity index (χ2n) is 6.18. The molecule has 0 aliphatic heterocycles. The van der Waals surface area contributed by atoms with E-state index in [1.54, 1.807) is 19.1 Å². The quantitative estimate of drug-likeness (QED) is 0.600. The fourth-order valence-corrected chi connectivity index (χ4v) is 2.68. The van der Waals surface area contributed by atoms with E-state index in [0.29, 0.717) is 18.8 Å². The summed E-state index contributed by atoms with van der Waals surface area (Å²) in [5.41, 5.74) is 3.21. The minimum atomic E-state index is -0.951. The molecule has 0 radical (unpaired) electrons. The molecule has 3 aromatic carbocycles. The Bertz CT molecular complexity index is 855. The van der Waals surface area contributed by atoms with Crippen molar-refractivity contribution < 1.29 is 19.4 Å². The fraction of sp³-hybridized carbons (Fsp3) is 0.174. The van der Waals surface area contributed by atoms with Crippen molar-refractivity contribution in [3.8, 4) is 22.6 Å². The zero-order valence-corrected chi connectivity index (χ0v) is 15.2. The van der Waals surface area contributed by atoms with Gasteiger partial charge in [0.05, 0.1) is 0 Å². The van der Waals surface area contributed by atoms with Crippen molar-refractivity contribution >= 4 is 5.97 Å². The van der Waals surface area contributed by atoms with E-state index in [4.69, 9.17) is 14.6 Å². The predicted molar refractivity (Wildman–Crippen MR) is 105 cm³/mol. The topological polar surface area (TPSA) is 55.8 Å². The lowest BCUT2D eigenvalue weighted by Crippen LogP contribution is -2.25. The Morgan fingerprint density at radius 1 is 0.852 bits per heavy atom. The van der Waals surface area contributed by atoms with Crippen LogP contribution in [-0.2, 0) is 11.4 Å². The first-order chi connectivity index (χ1) is 13.2. The lowest BCUT2D eigenvalue weighted by atomic mass is 10.1. The van der Waals surface area contributed by atoms with Gasteiger partial charge in [0.2, 0.25) is 0 Å². The third kappa shape index (κ3) is 5.11. The van der Waals surface area contributed by atoms with Gasteiger partial charge < -0.3 is 14.6 Å². The van der Waals surface area contributed by atoms with Crippen LogP contribution in [-0.4, -0.2) is 17.2 Å². The molecular weight excluding hydrogens is 340 g/mol. The van der Waals surface area contributed by atoms with Crippen LogP contribution in [0.5, 0.6) is 11.5 Å². The van der Waals surface area contributed by atoms with Crippen LogP contribution in [0.3, 0.4) is 0 Å². The summed E-state index contributed by atoms with van der Waals surface area (Å²) in [6, 6.07) is 25.4. The Balaban J connectivity index is 1.62. The molecule has 0 aromatic heterocycles. The number of aliphatic carboxylic acids is 1. The summed E-state index contributed by atoms with van der Waals surface area (Å²) in [4.78, 5) is 11.1. The second-order valence-corrected chi connectivity index (χ2v) is 6.18. The predicted octanol–water partition coefficient (Wildman–Crippen LogP) is 5.17. The number of ether oxygens (including phenoxy) is 2. The van der Waals surface area contributed by atoms with Gasteiger partial charge in [-0.3, -0.25) is 0 Å². The molecule has 4 heteroatoms. The van der Waals surface area contributed by atoms with Crippen LogP contribution in [0.2, 0.25) is 0 Å². The van der Waals surface area contributed by atoms with E-state index < -0.39 is 12.1 Å². The average Bonchev–Trinajstić information content (AvgIpc) is 2.72. The van der Waals surface area contributed by atoms with Crippen molar-refractivity contribution in [3.05, 3.63) is 84.4 Å². The molecule has 1 unspecified atom stereocenters. The van der Waals surface area contributed by atoms with Gasteiger partial charge in [-0.05, 0) is 47.4 Å². The highest BCUT2D eigenvalue weighted by atomic mass is 16.5. The number of benzene rings is 3. The van der Waals surface area contributed by atoms with Crippen molar-refractivity contribution in [3.63, 3.8) is 0 Å². The first kappa shape index (κ1) is 18.5. The molecule has 27 heavy (non-hydrogen) atoms. The zero-order chi connectivity index (χ0) is 19.1. The summed E-state index contributed by atoms with van der Waals surface area (Å²) in [6.45, 7) is 2.32. The Kier molecular flexibility index (Phi) is 6.10. The van der Waals surface area contributed by atoms with Gasteiger partial charge in [-0.1, -0.05) is 61.5 Å². The van der Waals surface area contributed by atoms with Crippen LogP contribution in [0.25, 0.3) is 11.1 Å². The second kappa shape index (κ2) is 8.90. The van der Waals surface area contributed by atoms with Crippen molar-refractivity contribution in [2.24, 2.45) is 0 Å². The number of rotatable bonds is 8. The highest BCUT2D eigenvalue weighted by Gasteiger charge is 2.16. The molecule has 1 atom stereocenters. The highest BCUT2D eigenvalue weighted by Crippen LogP contribution is 2.25. The van der Waals surface area contributed by atoms with E-state index in [1.165, 1.54) is 0 Å². The van der Waals surface area contributed by atoms with Gasteiger partial charge in [-0.2, -0.15) is 0 Å². The van der Waals surface area contributed by atoms with E-state index in [0.717, 1.165) is 22.4 Å². The molecule has 0 aliphatic rings. The average molecular weight is 362 g/mol. The van der Waals surface area contributed by atoms with Gasteiger partial charge in [0.25, 0.3) is 0 Å². The summed E-state index contributed by atoms with van der Waals surface area (Å²) >= 11 is 0. The standard InChI is InChI=1S/C23H22O4/c1-2-22(23(24)25)27-21-14-10-19(11-15-21)18-8-12-20(13-9-18)26-16-17-6-4-3-5-7-17/h3-15,22H,2,16H2,1H3,(H,24,25). The molecule has 0 saturated carbocycles. The number of carboxylic acid groups (broad SMARTS) is 1. The smallest absolute Gasteiger partial charge is 0.344 e. The molecule has 3 aromatic rings. The van der Waals surface area contributed by atoms with Gasteiger partial charge in [0, 0.05) is 0 Å². The zero-order valence-electron chi connectivity index (χ0n) is 15.2. The van der Waals surface area contributed by atoms with Crippen LogP contribution in [0.15, 0.2) is 78.9 Å². The van der Waals surface area contributed by atoms with Crippen molar-refractivity contribution in [2.75, 3.05) is 0 Å². The minimum absolute atomic E-state index is 0.418. The third-order valence-electron chi connectivity index (χ3n) is 4.21. The maximum absolute atomic E-state index is 11.1. The van der Waals surface area contributed by atoms with Gasteiger partial charge in [0.1, 0.15) is 18.1 Å². The van der Waals surface area contributed by atoms with Crippen LogP contribution in [0, 0.1) is 0 Å². The van der Waals surface area contributed by atoms with Crippen LogP contribution < -0.4 is 9.47 Å². The molecule has 0 fully saturated rings. The van der Waals surface area contributed by atoms with Crippen LogP contribution in [0.1, 0.15) is 18.9 Å². The largest absolute Gasteiger partial charge is 0.489 e. The van der Waals surface area contributed by atoms with E-state index >= 15 is 0 Å².